The summed E-state index contributed by atoms with van der Waals surface area (Å²) in [6.45, 7) is 4.24. The highest BCUT2D eigenvalue weighted by Crippen LogP contribution is 2.36. The van der Waals surface area contributed by atoms with Crippen LogP contribution in [-0.2, 0) is 22.5 Å². The fourth-order valence-electron chi connectivity index (χ4n) is 3.92. The number of carbonyl (C=O) groups excluding carboxylic acids is 2. The number of aryl methyl sites for hydroxylation is 2. The summed E-state index contributed by atoms with van der Waals surface area (Å²) in [5.74, 6) is 0.774. The van der Waals surface area contributed by atoms with Crippen molar-refractivity contribution in [3.05, 3.63) is 81.6 Å². The lowest BCUT2D eigenvalue weighted by molar-refractivity contribution is -0.136. The van der Waals surface area contributed by atoms with Crippen molar-refractivity contribution in [1.82, 2.24) is 4.57 Å². The molecule has 0 radical (unpaired) electrons. The van der Waals surface area contributed by atoms with Gasteiger partial charge in [0.1, 0.15) is 5.75 Å². The third kappa shape index (κ3) is 6.49. The first-order valence-electron chi connectivity index (χ1n) is 11.4. The minimum atomic E-state index is -0.637. The van der Waals surface area contributed by atoms with Gasteiger partial charge in [-0.15, -0.1) is 0 Å². The van der Waals surface area contributed by atoms with Crippen LogP contribution in [0.4, 0.5) is 0 Å². The van der Waals surface area contributed by atoms with Crippen LogP contribution in [0.3, 0.4) is 0 Å². The Hall–Kier alpha value is -3.71. The van der Waals surface area contributed by atoms with Crippen molar-refractivity contribution in [2.24, 2.45) is 0 Å². The molecule has 0 aliphatic carbocycles. The van der Waals surface area contributed by atoms with E-state index in [0.717, 1.165) is 30.1 Å². The van der Waals surface area contributed by atoms with Crippen molar-refractivity contribution < 1.29 is 28.5 Å². The smallest absolute Gasteiger partial charge is 0.331 e. The molecule has 3 rings (SSSR count). The third-order valence-corrected chi connectivity index (χ3v) is 6.15. The second kappa shape index (κ2) is 12.3. The number of halogens is 1. The van der Waals surface area contributed by atoms with E-state index in [-0.39, 0.29) is 12.4 Å². The van der Waals surface area contributed by atoms with E-state index in [1.807, 2.05) is 44.2 Å². The molecule has 3 aromatic rings. The minimum absolute atomic E-state index is 0.255. The van der Waals surface area contributed by atoms with Gasteiger partial charge >= 0.3 is 5.97 Å². The fourth-order valence-corrected chi connectivity index (χ4v) is 4.22. The van der Waals surface area contributed by atoms with Crippen LogP contribution in [0.2, 0.25) is 5.02 Å². The summed E-state index contributed by atoms with van der Waals surface area (Å²) in [5, 5.41) is 0.349. The number of hydrogen-bond donors (Lipinski definition) is 0. The maximum absolute atomic E-state index is 12.8. The van der Waals surface area contributed by atoms with Crippen LogP contribution in [0.1, 0.15) is 32.9 Å². The summed E-state index contributed by atoms with van der Waals surface area (Å²) >= 11 is 6.19. The van der Waals surface area contributed by atoms with Crippen molar-refractivity contribution in [2.75, 3.05) is 27.9 Å². The Kier molecular flexibility index (Phi) is 9.19. The van der Waals surface area contributed by atoms with E-state index in [9.17, 15) is 9.59 Å². The van der Waals surface area contributed by atoms with Gasteiger partial charge in [-0.2, -0.15) is 0 Å². The molecule has 1 aromatic heterocycles. The van der Waals surface area contributed by atoms with Crippen LogP contribution in [-0.4, -0.2) is 44.3 Å². The molecule has 0 saturated heterocycles. The van der Waals surface area contributed by atoms with E-state index in [1.165, 1.54) is 31.9 Å². The monoisotopic (exact) mass is 511 g/mol. The highest BCUT2D eigenvalue weighted by molar-refractivity contribution is 6.32. The van der Waals surface area contributed by atoms with Gasteiger partial charge in [0.25, 0.3) is 0 Å². The number of ketones is 1. The van der Waals surface area contributed by atoms with E-state index >= 15 is 0 Å². The van der Waals surface area contributed by atoms with Crippen LogP contribution in [0.15, 0.2) is 48.5 Å². The molecule has 0 unspecified atom stereocenters. The quantitative estimate of drug-likeness (QED) is 0.193. The predicted molar refractivity (Wildman–Crippen MR) is 139 cm³/mol. The van der Waals surface area contributed by atoms with Gasteiger partial charge in [0.2, 0.25) is 5.78 Å². The van der Waals surface area contributed by atoms with E-state index in [2.05, 4.69) is 4.57 Å². The molecule has 2 aromatic carbocycles. The Bertz CT molecular complexity index is 1260. The summed E-state index contributed by atoms with van der Waals surface area (Å²) in [6, 6.07) is 13.1. The van der Waals surface area contributed by atoms with E-state index in [0.29, 0.717) is 27.6 Å². The lowest BCUT2D eigenvalue weighted by Gasteiger charge is -2.10. The number of ether oxygens (including phenoxy) is 4. The molecule has 0 saturated carbocycles. The number of methoxy groups -OCH3 is 3. The first kappa shape index (κ1) is 26.9. The zero-order valence-corrected chi connectivity index (χ0v) is 21.8. The van der Waals surface area contributed by atoms with Crippen molar-refractivity contribution in [3.63, 3.8) is 0 Å². The molecule has 0 N–H and O–H groups in total. The molecule has 190 valence electrons. The zero-order chi connectivity index (χ0) is 26.2. The SMILES string of the molecule is COc1ccc(CCn2c(C)cc(C(=O)COC(=O)/C=C/c3cc(Cl)c(OC)c(OC)c3)c2C)cc1. The Balaban J connectivity index is 1.59. The highest BCUT2D eigenvalue weighted by Gasteiger charge is 2.17. The normalized spacial score (nSPS) is 10.9. The van der Waals surface area contributed by atoms with Crippen molar-refractivity contribution in [1.29, 1.82) is 0 Å². The number of benzene rings is 2. The summed E-state index contributed by atoms with van der Waals surface area (Å²) in [5.41, 5.74) is 4.16. The molecule has 0 spiro atoms. The molecule has 36 heavy (non-hydrogen) atoms. The van der Waals surface area contributed by atoms with Crippen molar-refractivity contribution in [2.45, 2.75) is 26.8 Å². The maximum Gasteiger partial charge on any atom is 0.331 e. The molecule has 0 atom stereocenters. The molecule has 0 bridgehead atoms. The highest BCUT2D eigenvalue weighted by atomic mass is 35.5. The minimum Gasteiger partial charge on any atom is -0.497 e. The Morgan fingerprint density at radius 2 is 1.69 bits per heavy atom. The largest absolute Gasteiger partial charge is 0.497 e. The van der Waals surface area contributed by atoms with Crippen molar-refractivity contribution >= 4 is 29.4 Å². The lowest BCUT2D eigenvalue weighted by Crippen LogP contribution is -2.14. The predicted octanol–water partition coefficient (Wildman–Crippen LogP) is 5.47. The second-order valence-corrected chi connectivity index (χ2v) is 8.54. The number of aromatic nitrogens is 1. The molecule has 0 fully saturated rings. The Morgan fingerprint density at radius 1 is 0.972 bits per heavy atom. The molecular weight excluding hydrogens is 482 g/mol. The molecular formula is C28H30ClNO6. The van der Waals surface area contributed by atoms with Gasteiger partial charge in [-0.05, 0) is 67.8 Å². The number of rotatable bonds is 11. The van der Waals surface area contributed by atoms with Crippen LogP contribution in [0.25, 0.3) is 6.08 Å². The molecule has 0 amide bonds. The number of Topliss-reactive ketones (excluding diaryl/α,β-unsaturated/α-hetero) is 1. The number of hydrogen-bond acceptors (Lipinski definition) is 6. The average molecular weight is 512 g/mol. The van der Waals surface area contributed by atoms with E-state index < -0.39 is 5.97 Å². The first-order chi connectivity index (χ1) is 17.3. The fraction of sp³-hybridized carbons (Fsp3) is 0.286. The summed E-state index contributed by atoms with van der Waals surface area (Å²) < 4.78 is 22.9. The molecule has 0 aliphatic rings. The third-order valence-electron chi connectivity index (χ3n) is 5.87. The van der Waals surface area contributed by atoms with Crippen molar-refractivity contribution in [3.8, 4) is 17.2 Å². The molecule has 8 heteroatoms. The van der Waals surface area contributed by atoms with Gasteiger partial charge in [-0.1, -0.05) is 23.7 Å². The number of esters is 1. The lowest BCUT2D eigenvalue weighted by atomic mass is 10.1. The standard InChI is InChI=1S/C28H30ClNO6/c1-18-14-23(19(2)30(18)13-12-20-6-9-22(33-3)10-7-20)25(31)17-36-27(32)11-8-21-15-24(29)28(35-5)26(16-21)34-4/h6-11,14-16H,12-13,17H2,1-5H3/b11-8+. The average Bonchev–Trinajstić information content (AvgIpc) is 3.17. The summed E-state index contributed by atoms with van der Waals surface area (Å²) in [4.78, 5) is 25.0. The van der Waals surface area contributed by atoms with E-state index in [4.69, 9.17) is 30.5 Å². The van der Waals surface area contributed by atoms with Crippen LogP contribution < -0.4 is 14.2 Å². The number of carbonyl (C=O) groups is 2. The summed E-state index contributed by atoms with van der Waals surface area (Å²) in [6.07, 6.45) is 3.59. The Morgan fingerprint density at radius 3 is 2.33 bits per heavy atom. The van der Waals surface area contributed by atoms with Crippen LogP contribution in [0.5, 0.6) is 17.2 Å². The van der Waals surface area contributed by atoms with Gasteiger partial charge in [-0.3, -0.25) is 4.79 Å². The summed E-state index contributed by atoms with van der Waals surface area (Å²) in [7, 11) is 4.63. The van der Waals surface area contributed by atoms with E-state index in [1.54, 1.807) is 19.2 Å². The maximum atomic E-state index is 12.8. The molecule has 7 nitrogen and oxygen atoms in total. The van der Waals surface area contributed by atoms with Gasteiger partial charge in [0.15, 0.2) is 18.1 Å². The number of nitrogens with zero attached hydrogens (tertiary/aromatic N) is 1. The molecule has 0 aliphatic heterocycles. The van der Waals surface area contributed by atoms with Crippen LogP contribution in [0, 0.1) is 13.8 Å². The van der Waals surface area contributed by atoms with Gasteiger partial charge < -0.3 is 23.5 Å². The Labute approximate surface area is 216 Å². The topological polar surface area (TPSA) is 76.0 Å². The van der Waals surface area contributed by atoms with Gasteiger partial charge in [-0.25, -0.2) is 4.79 Å². The zero-order valence-electron chi connectivity index (χ0n) is 21.1. The van der Waals surface area contributed by atoms with Crippen LogP contribution >= 0.6 is 11.6 Å². The molecule has 1 heterocycles. The van der Waals surface area contributed by atoms with Gasteiger partial charge in [0, 0.05) is 29.6 Å². The first-order valence-corrected chi connectivity index (χ1v) is 11.7. The van der Waals surface area contributed by atoms with Gasteiger partial charge in [0.05, 0.1) is 26.4 Å². The second-order valence-electron chi connectivity index (χ2n) is 8.14.